The molecule has 5 rings (SSSR count). The molecule has 1 atom stereocenters. The van der Waals surface area contributed by atoms with E-state index in [1.54, 1.807) is 50.4 Å². The highest BCUT2D eigenvalue weighted by molar-refractivity contribution is 5.98. The fourth-order valence-corrected chi connectivity index (χ4v) is 5.04. The van der Waals surface area contributed by atoms with E-state index in [0.29, 0.717) is 11.3 Å². The van der Waals surface area contributed by atoms with Crippen LogP contribution in [0.3, 0.4) is 0 Å². The molecule has 5 aromatic rings. The molecule has 3 aromatic heterocycles. The van der Waals surface area contributed by atoms with Crippen LogP contribution >= 0.6 is 0 Å². The van der Waals surface area contributed by atoms with Crippen molar-refractivity contribution < 1.29 is 23.5 Å². The topological polar surface area (TPSA) is 162 Å². The van der Waals surface area contributed by atoms with Crippen LogP contribution in [0.2, 0.25) is 0 Å². The Labute approximate surface area is 283 Å². The van der Waals surface area contributed by atoms with E-state index in [1.165, 1.54) is 13.2 Å². The molecular formula is C36H37N7O6. The zero-order valence-electron chi connectivity index (χ0n) is 27.9. The van der Waals surface area contributed by atoms with Gasteiger partial charge in [-0.05, 0) is 37.5 Å². The highest BCUT2D eigenvalue weighted by Crippen LogP contribution is 2.29. The number of rotatable bonds is 12. The van der Waals surface area contributed by atoms with E-state index in [2.05, 4.69) is 25.5 Å². The van der Waals surface area contributed by atoms with Crippen LogP contribution in [0.1, 0.15) is 55.5 Å². The van der Waals surface area contributed by atoms with Crippen LogP contribution in [0.15, 0.2) is 100 Å². The fraction of sp³-hybridized carbons (Fsp3) is 0.278. The Balaban J connectivity index is 1.38. The second-order valence-corrected chi connectivity index (χ2v) is 12.2. The number of carbonyl (C=O) groups is 3. The fourth-order valence-electron chi connectivity index (χ4n) is 5.04. The first-order valence-corrected chi connectivity index (χ1v) is 15.7. The number of aromatic nitrogens is 5. The quantitative estimate of drug-likeness (QED) is 0.183. The lowest BCUT2D eigenvalue weighted by atomic mass is 9.89. The summed E-state index contributed by atoms with van der Waals surface area (Å²) in [6, 6.07) is 22.4. The number of benzene rings is 2. The highest BCUT2D eigenvalue weighted by atomic mass is 16.6. The van der Waals surface area contributed by atoms with Crippen molar-refractivity contribution in [2.45, 2.75) is 52.3 Å². The Morgan fingerprint density at radius 3 is 2.27 bits per heavy atom. The first kappa shape index (κ1) is 34.4. The second kappa shape index (κ2) is 14.8. The molecular weight excluding hydrogens is 626 g/mol. The Hall–Kier alpha value is -5.98. The molecule has 49 heavy (non-hydrogen) atoms. The normalized spacial score (nSPS) is 12.0. The minimum Gasteiger partial charge on any atom is -0.444 e. The highest BCUT2D eigenvalue weighted by Gasteiger charge is 2.35. The predicted octanol–water partition coefficient (Wildman–Crippen LogP) is 4.81. The third kappa shape index (κ3) is 7.78. The van der Waals surface area contributed by atoms with Gasteiger partial charge in [-0.1, -0.05) is 80.6 Å². The summed E-state index contributed by atoms with van der Waals surface area (Å²) >= 11 is 0. The number of pyridine rings is 1. The predicted molar refractivity (Wildman–Crippen MR) is 181 cm³/mol. The number of carbonyl (C=O) groups excluding carboxylic acids is 3. The van der Waals surface area contributed by atoms with Crippen molar-refractivity contribution in [1.82, 2.24) is 30.0 Å². The number of hydrogen-bond acceptors (Lipinski definition) is 10. The number of hydrogen-bond donors (Lipinski definition) is 1. The molecule has 13 heteroatoms. The summed E-state index contributed by atoms with van der Waals surface area (Å²) in [6.45, 7) is 6.72. The summed E-state index contributed by atoms with van der Waals surface area (Å²) in [5.74, 6) is -1.48. The summed E-state index contributed by atoms with van der Waals surface area (Å²) in [5, 5.41) is 10.8. The van der Waals surface area contributed by atoms with E-state index >= 15 is 0 Å². The lowest BCUT2D eigenvalue weighted by Gasteiger charge is -2.22. The molecule has 3 heterocycles. The Morgan fingerprint density at radius 2 is 1.61 bits per heavy atom. The first-order chi connectivity index (χ1) is 23.5. The van der Waals surface area contributed by atoms with Crippen LogP contribution in [0, 0.1) is 5.92 Å². The molecule has 13 nitrogen and oxygen atoms in total. The van der Waals surface area contributed by atoms with Gasteiger partial charge < -0.3 is 14.5 Å². The molecule has 0 bridgehead atoms. The minimum atomic E-state index is -1.05. The van der Waals surface area contributed by atoms with Gasteiger partial charge in [0.2, 0.25) is 17.6 Å². The average Bonchev–Trinajstić information content (AvgIpc) is 3.62. The van der Waals surface area contributed by atoms with Gasteiger partial charge in [-0.15, -0.1) is 10.2 Å². The van der Waals surface area contributed by atoms with Crippen LogP contribution in [-0.4, -0.2) is 55.6 Å². The van der Waals surface area contributed by atoms with Gasteiger partial charge in [-0.2, -0.15) is 0 Å². The lowest BCUT2D eigenvalue weighted by Crippen LogP contribution is -2.47. The van der Waals surface area contributed by atoms with Gasteiger partial charge in [0, 0.05) is 18.8 Å². The molecule has 0 aliphatic carbocycles. The molecule has 2 aromatic carbocycles. The van der Waals surface area contributed by atoms with Crippen molar-refractivity contribution >= 4 is 23.5 Å². The lowest BCUT2D eigenvalue weighted by molar-refractivity contribution is -0.122. The monoisotopic (exact) mass is 663 g/mol. The molecule has 0 unspecified atom stereocenters. The smallest absolute Gasteiger partial charge is 0.414 e. The van der Waals surface area contributed by atoms with Crippen LogP contribution in [0.5, 0.6) is 0 Å². The molecule has 0 aliphatic heterocycles. The second-order valence-electron chi connectivity index (χ2n) is 12.2. The third-order valence-electron chi connectivity index (χ3n) is 7.94. The van der Waals surface area contributed by atoms with Crippen LogP contribution in [0.25, 0.3) is 11.4 Å². The van der Waals surface area contributed by atoms with Gasteiger partial charge in [0.05, 0.1) is 23.3 Å². The van der Waals surface area contributed by atoms with Gasteiger partial charge in [-0.25, -0.2) is 9.78 Å². The van der Waals surface area contributed by atoms with Crippen LogP contribution in [0.4, 0.5) is 10.5 Å². The molecule has 252 valence electrons. The molecule has 0 aliphatic rings. The maximum absolute atomic E-state index is 13.9. The molecule has 0 spiro atoms. The zero-order valence-corrected chi connectivity index (χ0v) is 27.9. The third-order valence-corrected chi connectivity index (χ3v) is 7.94. The number of nitrogens with zero attached hydrogens (tertiary/aromatic N) is 6. The molecule has 0 saturated carbocycles. The average molecular weight is 664 g/mol. The summed E-state index contributed by atoms with van der Waals surface area (Å²) < 4.78 is 12.4. The maximum Gasteiger partial charge on any atom is 0.414 e. The van der Waals surface area contributed by atoms with Crippen molar-refractivity contribution in [1.29, 1.82) is 0 Å². The zero-order chi connectivity index (χ0) is 35.1. The van der Waals surface area contributed by atoms with Gasteiger partial charge in [0.25, 0.3) is 11.4 Å². The standard InChI is InChI=1S/C36H37N7O6/c1-23(2)29(30(45)32-40-41-34(49-32)36(3,4)27-18-12-13-19-37-27)39-28(44)21-43-31(25-16-10-7-11-17-25)38-20-26(33(43)46)42(5)35(47)48-22-24-14-8-6-9-15-24/h6-20,23,29H,21-22H2,1-5H3,(H,39,44)/t29-/m0/s1. The number of anilines is 1. The van der Waals surface area contributed by atoms with Crippen molar-refractivity contribution in [3.63, 3.8) is 0 Å². The molecule has 0 saturated heterocycles. The number of amides is 2. The summed E-state index contributed by atoms with van der Waals surface area (Å²) in [7, 11) is 1.39. The minimum absolute atomic E-state index is 0.00291. The maximum atomic E-state index is 13.9. The van der Waals surface area contributed by atoms with Crippen LogP contribution in [-0.2, 0) is 28.1 Å². The molecule has 0 fully saturated rings. The first-order valence-electron chi connectivity index (χ1n) is 15.7. The van der Waals surface area contributed by atoms with Crippen molar-refractivity contribution in [2.24, 2.45) is 5.92 Å². The molecule has 0 radical (unpaired) electrons. The molecule has 1 N–H and O–H groups in total. The molecule has 2 amide bonds. The van der Waals surface area contributed by atoms with Gasteiger partial charge in [0.1, 0.15) is 24.7 Å². The van der Waals surface area contributed by atoms with Gasteiger partial charge >= 0.3 is 6.09 Å². The number of ketones is 1. The number of ether oxygens (including phenoxy) is 1. The van der Waals surface area contributed by atoms with Gasteiger partial charge in [0.15, 0.2) is 0 Å². The van der Waals surface area contributed by atoms with Gasteiger partial charge in [-0.3, -0.25) is 28.8 Å². The van der Waals surface area contributed by atoms with E-state index in [9.17, 15) is 19.2 Å². The largest absolute Gasteiger partial charge is 0.444 e. The van der Waals surface area contributed by atoms with E-state index in [4.69, 9.17) is 9.15 Å². The van der Waals surface area contributed by atoms with Crippen molar-refractivity contribution in [3.05, 3.63) is 125 Å². The van der Waals surface area contributed by atoms with E-state index in [-0.39, 0.29) is 35.8 Å². The summed E-state index contributed by atoms with van der Waals surface area (Å²) in [6.07, 6.45) is 2.14. The summed E-state index contributed by atoms with van der Waals surface area (Å²) in [4.78, 5) is 63.9. The Kier molecular flexibility index (Phi) is 10.4. The number of nitrogens with one attached hydrogen (secondary N) is 1. The van der Waals surface area contributed by atoms with Crippen molar-refractivity contribution in [3.8, 4) is 11.4 Å². The van der Waals surface area contributed by atoms with Crippen molar-refractivity contribution in [2.75, 3.05) is 11.9 Å². The SMILES string of the molecule is CC(C)[C@H](NC(=O)Cn1c(-c2ccccc2)ncc(N(C)C(=O)OCc2ccccc2)c1=O)C(=O)c1nnc(C(C)(C)c2ccccn2)o1. The Morgan fingerprint density at radius 1 is 0.939 bits per heavy atom. The van der Waals surface area contributed by atoms with E-state index in [1.807, 2.05) is 62.4 Å². The van der Waals surface area contributed by atoms with E-state index < -0.39 is 41.3 Å². The van der Waals surface area contributed by atoms with E-state index in [0.717, 1.165) is 15.0 Å². The Bertz CT molecular complexity index is 1980. The van der Waals surface area contributed by atoms with Crippen LogP contribution < -0.4 is 15.8 Å². The number of Topliss-reactive ketones (excluding diaryl/α,β-unsaturated/α-hetero) is 1. The summed E-state index contributed by atoms with van der Waals surface area (Å²) in [5.41, 5.74) is 0.483.